The quantitative estimate of drug-likeness (QED) is 0.620. The molecule has 2 heterocycles. The third-order valence-electron chi connectivity index (χ3n) is 5.94. The van der Waals surface area contributed by atoms with E-state index in [9.17, 15) is 0 Å². The highest BCUT2D eigenvalue weighted by Gasteiger charge is 2.37. The monoisotopic (exact) mass is 377 g/mol. The van der Waals surface area contributed by atoms with Crippen LogP contribution in [0.4, 0.5) is 5.82 Å². The minimum Gasteiger partial charge on any atom is -0.356 e. The van der Waals surface area contributed by atoms with Gasteiger partial charge in [-0.25, -0.2) is 4.98 Å². The Balaban J connectivity index is 1.21. The molecule has 0 bridgehead atoms. The van der Waals surface area contributed by atoms with Crippen LogP contribution < -0.4 is 15.5 Å². The summed E-state index contributed by atoms with van der Waals surface area (Å²) in [6, 6.07) is 17.6. The van der Waals surface area contributed by atoms with Crippen molar-refractivity contribution < 1.29 is 0 Å². The van der Waals surface area contributed by atoms with Crippen LogP contribution in [-0.4, -0.2) is 43.7 Å². The first-order chi connectivity index (χ1) is 13.7. The molecule has 0 radical (unpaired) electrons. The second-order valence-electron chi connectivity index (χ2n) is 8.01. The summed E-state index contributed by atoms with van der Waals surface area (Å²) >= 11 is 0. The molecular weight excluding hydrogens is 346 g/mol. The predicted molar refractivity (Wildman–Crippen MR) is 116 cm³/mol. The molecule has 148 valence electrons. The second-order valence-corrected chi connectivity index (χ2v) is 8.01. The van der Waals surface area contributed by atoms with Gasteiger partial charge in [0.1, 0.15) is 5.82 Å². The molecule has 1 saturated heterocycles. The van der Waals surface area contributed by atoms with Crippen LogP contribution in [0.2, 0.25) is 0 Å². The highest BCUT2D eigenvalue weighted by Crippen LogP contribution is 2.46. The Bertz CT molecular complexity index is 796. The molecule has 1 aliphatic carbocycles. The van der Waals surface area contributed by atoms with Gasteiger partial charge in [0.15, 0.2) is 5.96 Å². The summed E-state index contributed by atoms with van der Waals surface area (Å²) in [7, 11) is 1.86. The van der Waals surface area contributed by atoms with Gasteiger partial charge in [0.2, 0.25) is 0 Å². The number of rotatable bonds is 5. The van der Waals surface area contributed by atoms with Crippen molar-refractivity contribution in [1.82, 2.24) is 15.6 Å². The summed E-state index contributed by atoms with van der Waals surface area (Å²) in [6.07, 6.45) is 3.48. The first-order valence-electron chi connectivity index (χ1n) is 10.4. The van der Waals surface area contributed by atoms with Crippen LogP contribution in [0.3, 0.4) is 0 Å². The number of aromatic nitrogens is 1. The number of anilines is 1. The van der Waals surface area contributed by atoms with Crippen LogP contribution in [-0.2, 0) is 0 Å². The van der Waals surface area contributed by atoms with Gasteiger partial charge < -0.3 is 15.5 Å². The minimum absolute atomic E-state index is 0.469. The van der Waals surface area contributed by atoms with Crippen molar-refractivity contribution >= 4 is 11.8 Å². The molecule has 0 spiro atoms. The van der Waals surface area contributed by atoms with E-state index < -0.39 is 0 Å². The van der Waals surface area contributed by atoms with Crippen LogP contribution in [0, 0.1) is 12.8 Å². The van der Waals surface area contributed by atoms with E-state index in [-0.39, 0.29) is 0 Å². The first-order valence-corrected chi connectivity index (χ1v) is 10.4. The Morgan fingerprint density at radius 2 is 1.89 bits per heavy atom. The molecule has 1 aromatic carbocycles. The molecule has 2 fully saturated rings. The van der Waals surface area contributed by atoms with Gasteiger partial charge in [-0.05, 0) is 55.7 Å². The first kappa shape index (κ1) is 18.8. The number of hydrogen-bond donors (Lipinski definition) is 2. The van der Waals surface area contributed by atoms with Gasteiger partial charge >= 0.3 is 0 Å². The summed E-state index contributed by atoms with van der Waals surface area (Å²) in [5.41, 5.74) is 2.55. The normalized spacial score (nSPS) is 22.8. The average molecular weight is 378 g/mol. The molecule has 2 aliphatic rings. The molecule has 5 heteroatoms. The van der Waals surface area contributed by atoms with E-state index in [4.69, 9.17) is 0 Å². The summed E-state index contributed by atoms with van der Waals surface area (Å²) in [5.74, 6) is 3.46. The molecule has 1 aromatic heterocycles. The molecule has 1 aliphatic heterocycles. The maximum atomic E-state index is 4.66. The number of piperidine rings is 1. The van der Waals surface area contributed by atoms with E-state index >= 15 is 0 Å². The van der Waals surface area contributed by atoms with Crippen molar-refractivity contribution in [1.29, 1.82) is 0 Å². The molecule has 2 N–H and O–H groups in total. The van der Waals surface area contributed by atoms with Crippen LogP contribution >= 0.6 is 0 Å². The Labute approximate surface area is 168 Å². The lowest BCUT2D eigenvalue weighted by Crippen LogP contribution is -2.49. The van der Waals surface area contributed by atoms with E-state index in [2.05, 4.69) is 81.0 Å². The summed E-state index contributed by atoms with van der Waals surface area (Å²) in [6.45, 7) is 5.11. The Kier molecular flexibility index (Phi) is 5.79. The van der Waals surface area contributed by atoms with Gasteiger partial charge in [0.25, 0.3) is 0 Å². The number of nitrogens with zero attached hydrogens (tertiary/aromatic N) is 3. The summed E-state index contributed by atoms with van der Waals surface area (Å²) < 4.78 is 0. The fraction of sp³-hybridized carbons (Fsp3) is 0.478. The van der Waals surface area contributed by atoms with Crippen LogP contribution in [0.15, 0.2) is 53.5 Å². The molecule has 5 nitrogen and oxygen atoms in total. The Morgan fingerprint density at radius 3 is 2.61 bits per heavy atom. The lowest BCUT2D eigenvalue weighted by Gasteiger charge is -2.34. The van der Waals surface area contributed by atoms with E-state index in [1.807, 2.05) is 7.05 Å². The number of guanidine groups is 1. The lowest BCUT2D eigenvalue weighted by atomic mass is 10.1. The average Bonchev–Trinajstić information content (AvgIpc) is 3.52. The molecule has 2 aromatic rings. The smallest absolute Gasteiger partial charge is 0.191 e. The van der Waals surface area contributed by atoms with Gasteiger partial charge in [0.05, 0.1) is 0 Å². The molecule has 2 unspecified atom stereocenters. The van der Waals surface area contributed by atoms with E-state index in [1.165, 1.54) is 12.0 Å². The largest absolute Gasteiger partial charge is 0.356 e. The third kappa shape index (κ3) is 4.64. The third-order valence-corrected chi connectivity index (χ3v) is 5.94. The zero-order chi connectivity index (χ0) is 19.3. The molecular formula is C23H31N5. The van der Waals surface area contributed by atoms with Crippen molar-refractivity contribution in [3.05, 3.63) is 59.8 Å². The molecule has 28 heavy (non-hydrogen) atoms. The van der Waals surface area contributed by atoms with Crippen molar-refractivity contribution in [3.63, 3.8) is 0 Å². The lowest BCUT2D eigenvalue weighted by molar-refractivity contribution is 0.459. The Hall–Kier alpha value is -2.56. The predicted octanol–water partition coefficient (Wildman–Crippen LogP) is 3.33. The van der Waals surface area contributed by atoms with Gasteiger partial charge in [-0.15, -0.1) is 0 Å². The van der Waals surface area contributed by atoms with Gasteiger partial charge in [-0.3, -0.25) is 4.99 Å². The fourth-order valence-electron chi connectivity index (χ4n) is 4.16. The van der Waals surface area contributed by atoms with E-state index in [0.29, 0.717) is 12.0 Å². The standard InChI is InChI=1S/C23H31N5/c1-17-7-6-10-22(26-17)28-13-11-20(12-14-28)27-23(24-2)25-16-19-15-21(19)18-8-4-3-5-9-18/h3-10,19-21H,11-16H2,1-2H3,(H2,24,25,27). The van der Waals surface area contributed by atoms with Crippen molar-refractivity contribution in [2.75, 3.05) is 31.6 Å². The number of pyridine rings is 1. The highest BCUT2D eigenvalue weighted by atomic mass is 15.2. The summed E-state index contributed by atoms with van der Waals surface area (Å²) in [5, 5.41) is 7.16. The molecule has 1 saturated carbocycles. The van der Waals surface area contributed by atoms with Gasteiger partial charge in [0, 0.05) is 38.4 Å². The fourth-order valence-corrected chi connectivity index (χ4v) is 4.16. The number of aryl methyl sites for hydroxylation is 1. The maximum Gasteiger partial charge on any atom is 0.191 e. The number of benzene rings is 1. The van der Waals surface area contributed by atoms with Crippen molar-refractivity contribution in [3.8, 4) is 0 Å². The van der Waals surface area contributed by atoms with Crippen LogP contribution in [0.5, 0.6) is 0 Å². The molecule has 0 amide bonds. The van der Waals surface area contributed by atoms with Crippen LogP contribution in [0.1, 0.15) is 36.4 Å². The number of nitrogens with one attached hydrogen (secondary N) is 2. The van der Waals surface area contributed by atoms with Gasteiger partial charge in [-0.2, -0.15) is 0 Å². The SMILES string of the molecule is CN=C(NCC1CC1c1ccccc1)NC1CCN(c2cccc(C)n2)CC1. The van der Waals surface area contributed by atoms with Crippen molar-refractivity contribution in [2.24, 2.45) is 10.9 Å². The number of hydrogen-bond acceptors (Lipinski definition) is 3. The molecule has 2 atom stereocenters. The maximum absolute atomic E-state index is 4.66. The van der Waals surface area contributed by atoms with E-state index in [0.717, 1.165) is 55.9 Å². The minimum atomic E-state index is 0.469. The Morgan fingerprint density at radius 1 is 1.11 bits per heavy atom. The second kappa shape index (κ2) is 8.63. The topological polar surface area (TPSA) is 52.6 Å². The van der Waals surface area contributed by atoms with Crippen LogP contribution in [0.25, 0.3) is 0 Å². The zero-order valence-corrected chi connectivity index (χ0v) is 16.9. The van der Waals surface area contributed by atoms with E-state index in [1.54, 1.807) is 0 Å². The molecule has 4 rings (SSSR count). The number of aliphatic imine (C=N–C) groups is 1. The van der Waals surface area contributed by atoms with Gasteiger partial charge in [-0.1, -0.05) is 36.4 Å². The van der Waals surface area contributed by atoms with Crippen molar-refractivity contribution in [2.45, 2.75) is 38.1 Å². The summed E-state index contributed by atoms with van der Waals surface area (Å²) in [4.78, 5) is 11.5. The zero-order valence-electron chi connectivity index (χ0n) is 16.9. The highest BCUT2D eigenvalue weighted by molar-refractivity contribution is 5.80.